The van der Waals surface area contributed by atoms with Gasteiger partial charge in [-0.25, -0.2) is 9.67 Å². The third kappa shape index (κ3) is 4.92. The number of nitriles is 1. The van der Waals surface area contributed by atoms with Gasteiger partial charge in [-0.1, -0.05) is 22.0 Å². The van der Waals surface area contributed by atoms with Gasteiger partial charge >= 0.3 is 0 Å². The highest BCUT2D eigenvalue weighted by Gasteiger charge is 2.12. The van der Waals surface area contributed by atoms with Crippen molar-refractivity contribution in [2.75, 3.05) is 5.32 Å². The molecular formula is C19H16BrN5O2. The van der Waals surface area contributed by atoms with Crippen molar-refractivity contribution in [1.82, 2.24) is 14.8 Å². The summed E-state index contributed by atoms with van der Waals surface area (Å²) in [5, 5.41) is 15.8. The highest BCUT2D eigenvalue weighted by molar-refractivity contribution is 9.10. The van der Waals surface area contributed by atoms with Crippen LogP contribution in [0, 0.1) is 18.3 Å². The number of ether oxygens (including phenoxy) is 1. The van der Waals surface area contributed by atoms with Crippen LogP contribution in [0.15, 0.2) is 53.1 Å². The van der Waals surface area contributed by atoms with Crippen LogP contribution in [0.2, 0.25) is 0 Å². The zero-order valence-corrected chi connectivity index (χ0v) is 16.1. The van der Waals surface area contributed by atoms with E-state index in [1.807, 2.05) is 31.2 Å². The van der Waals surface area contributed by atoms with E-state index >= 15 is 0 Å². The van der Waals surface area contributed by atoms with Crippen molar-refractivity contribution in [2.45, 2.75) is 19.9 Å². The summed E-state index contributed by atoms with van der Waals surface area (Å²) in [6.07, 6.45) is 1.76. The summed E-state index contributed by atoms with van der Waals surface area (Å²) in [7, 11) is 0. The van der Waals surface area contributed by atoms with Crippen LogP contribution in [0.3, 0.4) is 0 Å². The van der Waals surface area contributed by atoms with Gasteiger partial charge in [-0.2, -0.15) is 10.4 Å². The Labute approximate surface area is 164 Å². The van der Waals surface area contributed by atoms with Gasteiger partial charge in [-0.15, -0.1) is 0 Å². The predicted molar refractivity (Wildman–Crippen MR) is 104 cm³/mol. The molecule has 0 aliphatic heterocycles. The highest BCUT2D eigenvalue weighted by atomic mass is 79.9. The van der Waals surface area contributed by atoms with Crippen LogP contribution in [0.1, 0.15) is 22.5 Å². The summed E-state index contributed by atoms with van der Waals surface area (Å²) in [4.78, 5) is 16.6. The number of carbonyl (C=O) groups excluding carboxylic acids is 1. The molecule has 1 amide bonds. The maximum absolute atomic E-state index is 12.5. The molecular weight excluding hydrogens is 410 g/mol. The fourth-order valence-corrected chi connectivity index (χ4v) is 2.77. The molecule has 27 heavy (non-hydrogen) atoms. The lowest BCUT2D eigenvalue weighted by Crippen LogP contribution is -2.16. The first-order valence-corrected chi connectivity index (χ1v) is 8.96. The Hall–Kier alpha value is -3.18. The lowest BCUT2D eigenvalue weighted by atomic mass is 10.2. The summed E-state index contributed by atoms with van der Waals surface area (Å²) in [5.41, 5.74) is 1.15. The number of aromatic nitrogens is 3. The van der Waals surface area contributed by atoms with E-state index in [4.69, 9.17) is 10.00 Å². The molecule has 0 aliphatic rings. The molecule has 2 heterocycles. The van der Waals surface area contributed by atoms with Crippen LogP contribution in [0.4, 0.5) is 5.82 Å². The molecule has 136 valence electrons. The van der Waals surface area contributed by atoms with Crippen molar-refractivity contribution in [1.29, 1.82) is 5.26 Å². The van der Waals surface area contributed by atoms with E-state index in [1.165, 1.54) is 6.20 Å². The number of hydrogen-bond acceptors (Lipinski definition) is 5. The Morgan fingerprint density at radius 1 is 1.33 bits per heavy atom. The van der Waals surface area contributed by atoms with Crippen molar-refractivity contribution in [3.8, 4) is 17.7 Å². The molecule has 0 saturated heterocycles. The second kappa shape index (κ2) is 8.47. The molecule has 0 radical (unpaired) electrons. The fourth-order valence-electron chi connectivity index (χ4n) is 2.39. The molecule has 3 aromatic rings. The molecule has 0 aliphatic carbocycles. The van der Waals surface area contributed by atoms with Crippen molar-refractivity contribution in [3.63, 3.8) is 0 Å². The molecule has 0 fully saturated rings. The largest absolute Gasteiger partial charge is 0.439 e. The minimum Gasteiger partial charge on any atom is -0.439 e. The van der Waals surface area contributed by atoms with E-state index in [9.17, 15) is 4.79 Å². The van der Waals surface area contributed by atoms with Crippen LogP contribution < -0.4 is 10.1 Å². The Morgan fingerprint density at radius 3 is 2.89 bits per heavy atom. The van der Waals surface area contributed by atoms with E-state index in [2.05, 4.69) is 37.4 Å². The van der Waals surface area contributed by atoms with E-state index < -0.39 is 0 Å². The first kappa shape index (κ1) is 18.6. The zero-order valence-electron chi connectivity index (χ0n) is 14.5. The average Bonchev–Trinajstić information content (AvgIpc) is 2.99. The van der Waals surface area contributed by atoms with Crippen molar-refractivity contribution < 1.29 is 9.53 Å². The maximum atomic E-state index is 12.5. The van der Waals surface area contributed by atoms with Crippen molar-refractivity contribution in [2.24, 2.45) is 0 Å². The number of halogens is 1. The van der Waals surface area contributed by atoms with Gasteiger partial charge in [0.2, 0.25) is 5.88 Å². The third-order valence-electron chi connectivity index (χ3n) is 3.60. The number of benzene rings is 1. The van der Waals surface area contributed by atoms with Crippen LogP contribution >= 0.6 is 15.9 Å². The van der Waals surface area contributed by atoms with Crippen LogP contribution in [-0.2, 0) is 6.54 Å². The zero-order chi connectivity index (χ0) is 19.2. The summed E-state index contributed by atoms with van der Waals surface area (Å²) in [6, 6.07) is 14.5. The summed E-state index contributed by atoms with van der Waals surface area (Å²) in [5.74, 6) is 1.27. The molecule has 0 bridgehead atoms. The van der Waals surface area contributed by atoms with Gasteiger partial charge in [-0.05, 0) is 31.2 Å². The third-order valence-corrected chi connectivity index (χ3v) is 4.09. The minimum atomic E-state index is -0.311. The van der Waals surface area contributed by atoms with Gasteiger partial charge in [0, 0.05) is 22.8 Å². The van der Waals surface area contributed by atoms with E-state index in [0.717, 1.165) is 10.2 Å². The first-order valence-electron chi connectivity index (χ1n) is 8.17. The monoisotopic (exact) mass is 425 g/mol. The lowest BCUT2D eigenvalue weighted by Gasteiger charge is -2.08. The average molecular weight is 426 g/mol. The number of pyridine rings is 1. The molecule has 0 unspecified atom stereocenters. The number of anilines is 1. The Kier molecular flexibility index (Phi) is 5.84. The topological polar surface area (TPSA) is 92.8 Å². The summed E-state index contributed by atoms with van der Waals surface area (Å²) < 4.78 is 8.17. The Morgan fingerprint density at radius 2 is 2.19 bits per heavy atom. The summed E-state index contributed by atoms with van der Waals surface area (Å²) in [6.45, 7) is 2.24. The van der Waals surface area contributed by atoms with E-state index in [1.54, 1.807) is 22.9 Å². The van der Waals surface area contributed by atoms with Crippen molar-refractivity contribution in [3.05, 3.63) is 64.4 Å². The minimum absolute atomic E-state index is 0.311. The second-order valence-corrected chi connectivity index (χ2v) is 6.62. The van der Waals surface area contributed by atoms with E-state index in [-0.39, 0.29) is 5.91 Å². The fraction of sp³-hybridized carbons (Fsp3) is 0.158. The molecule has 1 N–H and O–H groups in total. The van der Waals surface area contributed by atoms with Gasteiger partial charge in [-0.3, -0.25) is 4.79 Å². The van der Waals surface area contributed by atoms with Gasteiger partial charge in [0.25, 0.3) is 5.91 Å². The van der Waals surface area contributed by atoms with Gasteiger partial charge in [0.15, 0.2) is 0 Å². The molecule has 1 aromatic carbocycles. The number of hydrogen-bond donors (Lipinski definition) is 1. The summed E-state index contributed by atoms with van der Waals surface area (Å²) >= 11 is 3.38. The number of rotatable bonds is 6. The first-order chi connectivity index (χ1) is 13.0. The normalized spacial score (nSPS) is 10.3. The Bertz CT molecular complexity index is 992. The molecule has 2 aromatic heterocycles. The Balaban J connectivity index is 1.68. The van der Waals surface area contributed by atoms with Crippen LogP contribution in [-0.4, -0.2) is 20.7 Å². The number of nitrogens with zero attached hydrogens (tertiary/aromatic N) is 4. The smallest absolute Gasteiger partial charge is 0.258 e. The standard InChI is InChI=1S/C19H16BrN5O2/c1-13-10-17(25(24-13)9-3-8-21)23-19(26)14-6-7-18(22-12-14)27-16-5-2-4-15(20)11-16/h2,4-7,10-12H,3,9H2,1H3,(H,23,26). The number of aryl methyl sites for hydroxylation is 2. The molecule has 7 nitrogen and oxygen atoms in total. The van der Waals surface area contributed by atoms with Gasteiger partial charge < -0.3 is 10.1 Å². The van der Waals surface area contributed by atoms with Crippen molar-refractivity contribution >= 4 is 27.7 Å². The maximum Gasteiger partial charge on any atom is 0.258 e. The quantitative estimate of drug-likeness (QED) is 0.634. The van der Waals surface area contributed by atoms with Crippen LogP contribution in [0.25, 0.3) is 0 Å². The second-order valence-electron chi connectivity index (χ2n) is 5.70. The predicted octanol–water partition coefficient (Wildman–Crippen LogP) is 4.31. The molecule has 0 atom stereocenters. The lowest BCUT2D eigenvalue weighted by molar-refractivity contribution is 0.102. The number of amides is 1. The molecule has 8 heteroatoms. The SMILES string of the molecule is Cc1cc(NC(=O)c2ccc(Oc3cccc(Br)c3)nc2)n(CCC#N)n1. The van der Waals surface area contributed by atoms with Gasteiger partial charge in [0.1, 0.15) is 11.6 Å². The number of nitrogens with one attached hydrogen (secondary N) is 1. The number of carbonyl (C=O) groups is 1. The molecule has 0 spiro atoms. The van der Waals surface area contributed by atoms with Crippen LogP contribution in [0.5, 0.6) is 11.6 Å². The van der Waals surface area contributed by atoms with E-state index in [0.29, 0.717) is 36.0 Å². The highest BCUT2D eigenvalue weighted by Crippen LogP contribution is 2.23. The molecule has 0 saturated carbocycles. The van der Waals surface area contributed by atoms with Gasteiger partial charge in [0.05, 0.1) is 30.3 Å². The molecule has 3 rings (SSSR count).